The van der Waals surface area contributed by atoms with Crippen LogP contribution in [-0.2, 0) is 17.7 Å². The maximum absolute atomic E-state index is 12.8. The summed E-state index contributed by atoms with van der Waals surface area (Å²) in [6.07, 6.45) is 0.812. The van der Waals surface area contributed by atoms with E-state index >= 15 is 0 Å². The van der Waals surface area contributed by atoms with Gasteiger partial charge in [0.15, 0.2) is 0 Å². The topological polar surface area (TPSA) is 48.1 Å². The zero-order valence-corrected chi connectivity index (χ0v) is 18.4. The largest absolute Gasteiger partial charge is 0.378 e. The molecular weight excluding hydrogens is 376 g/mol. The molecule has 1 aliphatic rings. The van der Waals surface area contributed by atoms with Crippen molar-refractivity contribution < 1.29 is 9.53 Å². The fourth-order valence-corrected chi connectivity index (χ4v) is 3.76. The van der Waals surface area contributed by atoms with Crippen molar-refractivity contribution in [2.24, 2.45) is 0 Å². The van der Waals surface area contributed by atoms with E-state index in [1.165, 1.54) is 11.3 Å². The number of nitrogens with zero attached hydrogens (tertiary/aromatic N) is 3. The van der Waals surface area contributed by atoms with Crippen LogP contribution >= 0.6 is 0 Å². The molecular formula is C24H34N4O2. The van der Waals surface area contributed by atoms with Gasteiger partial charge < -0.3 is 24.8 Å². The van der Waals surface area contributed by atoms with Gasteiger partial charge in [0.1, 0.15) is 0 Å². The van der Waals surface area contributed by atoms with Crippen LogP contribution in [0.1, 0.15) is 11.1 Å². The number of carbonyl (C=O) groups is 1. The maximum atomic E-state index is 12.8. The predicted octanol–water partition coefficient (Wildman–Crippen LogP) is 2.84. The summed E-state index contributed by atoms with van der Waals surface area (Å²) in [7, 11) is 5.91. The number of urea groups is 1. The lowest BCUT2D eigenvalue weighted by Crippen LogP contribution is -2.47. The Bertz CT molecular complexity index is 774. The van der Waals surface area contributed by atoms with E-state index in [2.05, 4.69) is 51.5 Å². The highest BCUT2D eigenvalue weighted by Crippen LogP contribution is 2.17. The second-order valence-corrected chi connectivity index (χ2v) is 8.22. The molecule has 0 saturated carbocycles. The average Bonchev–Trinajstić information content (AvgIpc) is 2.75. The van der Waals surface area contributed by atoms with E-state index in [0.717, 1.165) is 44.8 Å². The molecule has 1 saturated heterocycles. The van der Waals surface area contributed by atoms with Crippen LogP contribution in [-0.4, -0.2) is 75.9 Å². The summed E-state index contributed by atoms with van der Waals surface area (Å²) in [5.41, 5.74) is 3.56. The second kappa shape index (κ2) is 11.0. The first-order valence-corrected chi connectivity index (χ1v) is 10.6. The van der Waals surface area contributed by atoms with Gasteiger partial charge in [-0.1, -0.05) is 42.5 Å². The molecule has 6 nitrogen and oxygen atoms in total. The van der Waals surface area contributed by atoms with Gasteiger partial charge >= 0.3 is 6.03 Å². The lowest BCUT2D eigenvalue weighted by atomic mass is 10.1. The van der Waals surface area contributed by atoms with E-state index in [4.69, 9.17) is 4.74 Å². The second-order valence-electron chi connectivity index (χ2n) is 8.22. The molecule has 3 rings (SSSR count). The van der Waals surface area contributed by atoms with Gasteiger partial charge in [-0.05, 0) is 43.8 Å². The third-order valence-electron chi connectivity index (χ3n) is 5.32. The summed E-state index contributed by atoms with van der Waals surface area (Å²) in [5, 5.41) is 3.20. The summed E-state index contributed by atoms with van der Waals surface area (Å²) in [4.78, 5) is 19.0. The summed E-state index contributed by atoms with van der Waals surface area (Å²) >= 11 is 0. The van der Waals surface area contributed by atoms with Gasteiger partial charge in [-0.25, -0.2) is 4.79 Å². The van der Waals surface area contributed by atoms with Crippen molar-refractivity contribution >= 4 is 11.7 Å². The highest BCUT2D eigenvalue weighted by Gasteiger charge is 2.17. The zero-order valence-electron chi connectivity index (χ0n) is 18.4. The number of likely N-dealkylation sites (N-methyl/N-ethyl adjacent to an activating group) is 1. The SMILES string of the molecule is CN(C)CC(Cc1ccccc1)NC(=O)N(C)Cc1ccc(N2CCOCC2)cc1. The first-order chi connectivity index (χ1) is 14.5. The average molecular weight is 411 g/mol. The summed E-state index contributed by atoms with van der Waals surface area (Å²) < 4.78 is 5.42. The fraction of sp³-hybridized carbons (Fsp3) is 0.458. The van der Waals surface area contributed by atoms with Crippen molar-refractivity contribution in [3.8, 4) is 0 Å². The van der Waals surface area contributed by atoms with E-state index in [9.17, 15) is 4.79 Å². The van der Waals surface area contributed by atoms with Gasteiger partial charge in [-0.15, -0.1) is 0 Å². The van der Waals surface area contributed by atoms with Gasteiger partial charge in [-0.3, -0.25) is 0 Å². The monoisotopic (exact) mass is 410 g/mol. The van der Waals surface area contributed by atoms with Gasteiger partial charge in [0.25, 0.3) is 0 Å². The molecule has 0 spiro atoms. The number of hydrogen-bond acceptors (Lipinski definition) is 4. The molecule has 1 N–H and O–H groups in total. The molecule has 2 aromatic rings. The molecule has 0 aromatic heterocycles. The molecule has 1 aliphatic heterocycles. The third kappa shape index (κ3) is 6.75. The molecule has 0 radical (unpaired) electrons. The number of hydrogen-bond donors (Lipinski definition) is 1. The Balaban J connectivity index is 1.55. The number of rotatable bonds is 8. The van der Waals surface area contributed by atoms with E-state index in [1.54, 1.807) is 4.90 Å². The first-order valence-electron chi connectivity index (χ1n) is 10.6. The minimum atomic E-state index is -0.0463. The third-order valence-corrected chi connectivity index (χ3v) is 5.32. The fourth-order valence-electron chi connectivity index (χ4n) is 3.76. The van der Waals surface area contributed by atoms with Crippen LogP contribution in [0.4, 0.5) is 10.5 Å². The van der Waals surface area contributed by atoms with Crippen molar-refractivity contribution in [1.29, 1.82) is 0 Å². The molecule has 1 atom stereocenters. The normalized spacial score (nSPS) is 15.1. The van der Waals surface area contributed by atoms with Crippen molar-refractivity contribution in [1.82, 2.24) is 15.1 Å². The molecule has 1 unspecified atom stereocenters. The Hall–Kier alpha value is -2.57. The zero-order chi connectivity index (χ0) is 21.3. The van der Waals surface area contributed by atoms with Crippen LogP contribution in [0.2, 0.25) is 0 Å². The Morgan fingerprint density at radius 1 is 1.00 bits per heavy atom. The molecule has 162 valence electrons. The smallest absolute Gasteiger partial charge is 0.317 e. The Labute approximate surface area is 180 Å². The number of ether oxygens (including phenoxy) is 1. The molecule has 1 heterocycles. The van der Waals surface area contributed by atoms with E-state index in [0.29, 0.717) is 6.54 Å². The summed E-state index contributed by atoms with van der Waals surface area (Å²) in [5.74, 6) is 0. The minimum absolute atomic E-state index is 0.0463. The predicted molar refractivity (Wildman–Crippen MR) is 122 cm³/mol. The number of amides is 2. The van der Waals surface area contributed by atoms with Crippen LogP contribution in [0.25, 0.3) is 0 Å². The molecule has 1 fully saturated rings. The standard InChI is InChI=1S/C24H34N4O2/c1-26(2)19-22(17-20-7-5-4-6-8-20)25-24(29)27(3)18-21-9-11-23(12-10-21)28-13-15-30-16-14-28/h4-12,22H,13-19H2,1-3H3,(H,25,29). The lowest BCUT2D eigenvalue weighted by molar-refractivity contribution is 0.122. The summed E-state index contributed by atoms with van der Waals surface area (Å²) in [6, 6.07) is 18.8. The highest BCUT2D eigenvalue weighted by atomic mass is 16.5. The minimum Gasteiger partial charge on any atom is -0.378 e. The Morgan fingerprint density at radius 2 is 1.67 bits per heavy atom. The van der Waals surface area contributed by atoms with E-state index in [-0.39, 0.29) is 12.1 Å². The van der Waals surface area contributed by atoms with E-state index < -0.39 is 0 Å². The molecule has 30 heavy (non-hydrogen) atoms. The first kappa shape index (κ1) is 22.1. The van der Waals surface area contributed by atoms with Crippen molar-refractivity contribution in [3.05, 3.63) is 65.7 Å². The number of carbonyl (C=O) groups excluding carboxylic acids is 1. The number of nitrogens with one attached hydrogen (secondary N) is 1. The van der Waals surface area contributed by atoms with E-state index in [1.807, 2.05) is 39.3 Å². The van der Waals surface area contributed by atoms with Crippen LogP contribution in [0.15, 0.2) is 54.6 Å². The Kier molecular flexibility index (Phi) is 8.11. The quantitative estimate of drug-likeness (QED) is 0.727. The van der Waals surface area contributed by atoms with Crippen LogP contribution in [0.5, 0.6) is 0 Å². The molecule has 0 bridgehead atoms. The number of benzene rings is 2. The summed E-state index contributed by atoms with van der Waals surface area (Å²) in [6.45, 7) is 4.79. The van der Waals surface area contributed by atoms with Gasteiger partial charge in [0.05, 0.1) is 13.2 Å². The van der Waals surface area contributed by atoms with Gasteiger partial charge in [0.2, 0.25) is 0 Å². The van der Waals surface area contributed by atoms with Gasteiger partial charge in [-0.2, -0.15) is 0 Å². The van der Waals surface area contributed by atoms with Crippen LogP contribution in [0, 0.1) is 0 Å². The lowest BCUT2D eigenvalue weighted by Gasteiger charge is -2.29. The molecule has 0 aliphatic carbocycles. The highest BCUT2D eigenvalue weighted by molar-refractivity contribution is 5.74. The molecule has 6 heteroatoms. The number of anilines is 1. The van der Waals surface area contributed by atoms with Crippen molar-refractivity contribution in [2.75, 3.05) is 58.9 Å². The van der Waals surface area contributed by atoms with Crippen molar-refractivity contribution in [3.63, 3.8) is 0 Å². The van der Waals surface area contributed by atoms with Crippen LogP contribution in [0.3, 0.4) is 0 Å². The molecule has 2 amide bonds. The Morgan fingerprint density at radius 3 is 2.30 bits per heavy atom. The number of morpholine rings is 1. The van der Waals surface area contributed by atoms with Gasteiger partial charge in [0, 0.05) is 45.0 Å². The maximum Gasteiger partial charge on any atom is 0.317 e. The van der Waals surface area contributed by atoms with Crippen molar-refractivity contribution in [2.45, 2.75) is 19.0 Å². The van der Waals surface area contributed by atoms with Crippen LogP contribution < -0.4 is 10.2 Å². The molecule has 2 aromatic carbocycles.